The van der Waals surface area contributed by atoms with Gasteiger partial charge in [0.2, 0.25) is 0 Å². The molecule has 0 fully saturated rings. The molecular formula is C18H16ClFN4O. The molecule has 3 rings (SSSR count). The molecule has 0 atom stereocenters. The van der Waals surface area contributed by atoms with Crippen molar-refractivity contribution in [2.24, 2.45) is 0 Å². The fraction of sp³-hybridized carbons (Fsp3) is 0.111. The number of anilines is 4. The molecule has 25 heavy (non-hydrogen) atoms. The largest absolute Gasteiger partial charge is 0.497 e. The van der Waals surface area contributed by atoms with Gasteiger partial charge in [-0.05, 0) is 49.4 Å². The van der Waals surface area contributed by atoms with Gasteiger partial charge in [0.05, 0.1) is 12.1 Å². The van der Waals surface area contributed by atoms with Crippen LogP contribution in [0.3, 0.4) is 0 Å². The lowest BCUT2D eigenvalue weighted by molar-refractivity contribution is 0.415. The van der Waals surface area contributed by atoms with Gasteiger partial charge in [-0.3, -0.25) is 0 Å². The van der Waals surface area contributed by atoms with Gasteiger partial charge in [-0.1, -0.05) is 11.6 Å². The van der Waals surface area contributed by atoms with E-state index in [9.17, 15) is 4.39 Å². The monoisotopic (exact) mass is 358 g/mol. The minimum absolute atomic E-state index is 0.0485. The molecule has 2 aromatic carbocycles. The van der Waals surface area contributed by atoms with Crippen LogP contribution in [-0.4, -0.2) is 17.1 Å². The van der Waals surface area contributed by atoms with Crippen molar-refractivity contribution in [3.63, 3.8) is 0 Å². The van der Waals surface area contributed by atoms with Crippen LogP contribution in [0.4, 0.5) is 27.4 Å². The summed E-state index contributed by atoms with van der Waals surface area (Å²) in [4.78, 5) is 8.70. The molecule has 7 heteroatoms. The summed E-state index contributed by atoms with van der Waals surface area (Å²) in [6, 6.07) is 13.7. The summed E-state index contributed by atoms with van der Waals surface area (Å²) >= 11 is 5.80. The molecule has 0 spiro atoms. The van der Waals surface area contributed by atoms with E-state index in [-0.39, 0.29) is 5.02 Å². The van der Waals surface area contributed by atoms with E-state index in [4.69, 9.17) is 16.3 Å². The standard InChI is InChI=1S/C18H16ClFN4O/c1-11-21-17(23-12-3-6-14(25-2)7-4-12)10-18(22-11)24-13-5-8-16(20)15(19)9-13/h3-10H,1-2H3,(H2,21,22,23,24). The van der Waals surface area contributed by atoms with Gasteiger partial charge in [0, 0.05) is 17.4 Å². The Labute approximate surface area is 149 Å². The van der Waals surface area contributed by atoms with Crippen LogP contribution in [0.1, 0.15) is 5.82 Å². The third-order valence-electron chi connectivity index (χ3n) is 3.39. The van der Waals surface area contributed by atoms with Crippen molar-refractivity contribution in [3.8, 4) is 5.75 Å². The second-order valence-corrected chi connectivity index (χ2v) is 5.70. The average Bonchev–Trinajstić information content (AvgIpc) is 2.58. The number of hydrogen-bond acceptors (Lipinski definition) is 5. The predicted octanol–water partition coefficient (Wildman–Crippen LogP) is 5.07. The van der Waals surface area contributed by atoms with Crippen molar-refractivity contribution in [2.75, 3.05) is 17.7 Å². The highest BCUT2D eigenvalue weighted by atomic mass is 35.5. The van der Waals surface area contributed by atoms with Crippen LogP contribution in [0, 0.1) is 12.7 Å². The third-order valence-corrected chi connectivity index (χ3v) is 3.68. The minimum Gasteiger partial charge on any atom is -0.497 e. The maximum atomic E-state index is 13.3. The van der Waals surface area contributed by atoms with E-state index in [2.05, 4.69) is 20.6 Å². The number of nitrogens with one attached hydrogen (secondary N) is 2. The summed E-state index contributed by atoms with van der Waals surface area (Å²) < 4.78 is 18.4. The molecular weight excluding hydrogens is 343 g/mol. The van der Waals surface area contributed by atoms with E-state index in [1.807, 2.05) is 24.3 Å². The predicted molar refractivity (Wildman–Crippen MR) is 97.7 cm³/mol. The maximum absolute atomic E-state index is 13.3. The van der Waals surface area contributed by atoms with Gasteiger partial charge in [-0.25, -0.2) is 14.4 Å². The smallest absolute Gasteiger partial charge is 0.141 e. The van der Waals surface area contributed by atoms with Crippen LogP contribution >= 0.6 is 11.6 Å². The van der Waals surface area contributed by atoms with E-state index in [1.54, 1.807) is 26.2 Å². The molecule has 0 aliphatic rings. The maximum Gasteiger partial charge on any atom is 0.141 e. The Balaban J connectivity index is 1.80. The Morgan fingerprint density at radius 2 is 1.52 bits per heavy atom. The van der Waals surface area contributed by atoms with E-state index in [1.165, 1.54) is 12.1 Å². The second kappa shape index (κ2) is 7.36. The van der Waals surface area contributed by atoms with Gasteiger partial charge in [0.25, 0.3) is 0 Å². The van der Waals surface area contributed by atoms with Crippen LogP contribution in [0.25, 0.3) is 0 Å². The van der Waals surface area contributed by atoms with E-state index in [0.717, 1.165) is 11.4 Å². The zero-order valence-electron chi connectivity index (χ0n) is 13.7. The van der Waals surface area contributed by atoms with Crippen LogP contribution in [-0.2, 0) is 0 Å². The molecule has 3 aromatic rings. The van der Waals surface area contributed by atoms with Crippen molar-refractivity contribution in [3.05, 3.63) is 65.2 Å². The van der Waals surface area contributed by atoms with Gasteiger partial charge in [-0.2, -0.15) is 0 Å². The van der Waals surface area contributed by atoms with Crippen LogP contribution in [0.2, 0.25) is 5.02 Å². The number of aryl methyl sites for hydroxylation is 1. The number of rotatable bonds is 5. The Hall–Kier alpha value is -2.86. The summed E-state index contributed by atoms with van der Waals surface area (Å²) in [5, 5.41) is 6.35. The first kappa shape index (κ1) is 17.0. The van der Waals surface area contributed by atoms with E-state index in [0.29, 0.717) is 23.1 Å². The number of ether oxygens (including phenoxy) is 1. The number of hydrogen-bond donors (Lipinski definition) is 2. The second-order valence-electron chi connectivity index (χ2n) is 5.29. The van der Waals surface area contributed by atoms with Gasteiger partial charge in [0.1, 0.15) is 29.0 Å². The molecule has 0 unspecified atom stereocenters. The van der Waals surface area contributed by atoms with Crippen molar-refractivity contribution < 1.29 is 9.13 Å². The normalized spacial score (nSPS) is 10.4. The molecule has 0 radical (unpaired) electrons. The van der Waals surface area contributed by atoms with Crippen molar-refractivity contribution in [1.82, 2.24) is 9.97 Å². The summed E-state index contributed by atoms with van der Waals surface area (Å²) in [5.74, 6) is 2.11. The lowest BCUT2D eigenvalue weighted by atomic mass is 10.3. The van der Waals surface area contributed by atoms with E-state index < -0.39 is 5.82 Å². The zero-order chi connectivity index (χ0) is 17.8. The summed E-state index contributed by atoms with van der Waals surface area (Å²) in [6.45, 7) is 1.79. The SMILES string of the molecule is COc1ccc(Nc2cc(Nc3ccc(F)c(Cl)c3)nc(C)n2)cc1. The number of halogens is 2. The first-order valence-corrected chi connectivity index (χ1v) is 7.90. The number of aromatic nitrogens is 2. The molecule has 128 valence electrons. The fourth-order valence-electron chi connectivity index (χ4n) is 2.24. The molecule has 0 saturated carbocycles. The lowest BCUT2D eigenvalue weighted by Gasteiger charge is -2.11. The van der Waals surface area contributed by atoms with E-state index >= 15 is 0 Å². The Morgan fingerprint density at radius 3 is 2.12 bits per heavy atom. The average molecular weight is 359 g/mol. The molecule has 1 aromatic heterocycles. The molecule has 0 aliphatic carbocycles. The van der Waals surface area contributed by atoms with Crippen molar-refractivity contribution in [1.29, 1.82) is 0 Å². The summed E-state index contributed by atoms with van der Waals surface area (Å²) in [7, 11) is 1.62. The Bertz CT molecular complexity index is 887. The Kier molecular flexibility index (Phi) is 5.00. The first-order valence-electron chi connectivity index (χ1n) is 7.52. The minimum atomic E-state index is -0.465. The lowest BCUT2D eigenvalue weighted by Crippen LogP contribution is -2.01. The molecule has 0 aliphatic heterocycles. The Morgan fingerprint density at radius 1 is 0.920 bits per heavy atom. The first-order chi connectivity index (χ1) is 12.0. The highest BCUT2D eigenvalue weighted by Gasteiger charge is 2.06. The zero-order valence-corrected chi connectivity index (χ0v) is 14.4. The molecule has 2 N–H and O–H groups in total. The van der Waals surface area contributed by atoms with Gasteiger partial charge in [-0.15, -0.1) is 0 Å². The molecule has 0 saturated heterocycles. The number of methoxy groups -OCH3 is 1. The van der Waals surface area contributed by atoms with Crippen LogP contribution < -0.4 is 15.4 Å². The quantitative estimate of drug-likeness (QED) is 0.666. The van der Waals surface area contributed by atoms with Gasteiger partial charge in [0.15, 0.2) is 0 Å². The van der Waals surface area contributed by atoms with Gasteiger partial charge >= 0.3 is 0 Å². The fourth-order valence-corrected chi connectivity index (χ4v) is 2.42. The molecule has 0 amide bonds. The van der Waals surface area contributed by atoms with Crippen molar-refractivity contribution in [2.45, 2.75) is 6.92 Å². The van der Waals surface area contributed by atoms with Crippen LogP contribution in [0.5, 0.6) is 5.75 Å². The molecule has 0 bridgehead atoms. The number of benzene rings is 2. The van der Waals surface area contributed by atoms with Gasteiger partial charge < -0.3 is 15.4 Å². The summed E-state index contributed by atoms with van der Waals surface area (Å²) in [5.41, 5.74) is 1.51. The molecule has 1 heterocycles. The topological polar surface area (TPSA) is 59.1 Å². The summed E-state index contributed by atoms with van der Waals surface area (Å²) in [6.07, 6.45) is 0. The van der Waals surface area contributed by atoms with Crippen molar-refractivity contribution >= 4 is 34.6 Å². The molecule has 5 nitrogen and oxygen atoms in total. The third kappa shape index (κ3) is 4.36. The number of nitrogens with zero attached hydrogens (tertiary/aromatic N) is 2. The highest BCUT2D eigenvalue weighted by molar-refractivity contribution is 6.31. The van der Waals surface area contributed by atoms with Crippen LogP contribution in [0.15, 0.2) is 48.5 Å². The highest BCUT2D eigenvalue weighted by Crippen LogP contribution is 2.24.